The lowest BCUT2D eigenvalue weighted by atomic mass is 9.89. The van der Waals surface area contributed by atoms with Crippen LogP contribution in [-0.4, -0.2) is 35.2 Å². The van der Waals surface area contributed by atoms with Crippen LogP contribution in [0.25, 0.3) is 0 Å². The SMILES string of the molecule is CCCCCCCCCCCCCCCCCCC(=O)OC(C)N(C(=O)CC[n+]1ccc(C(CCCC)CCCC)cc1)C(C)OC(=O)CCCCCCCCCCCCCCCCCC. The van der Waals surface area contributed by atoms with Crippen molar-refractivity contribution in [2.75, 3.05) is 0 Å². The minimum Gasteiger partial charge on any atom is -0.442 e. The van der Waals surface area contributed by atoms with E-state index < -0.39 is 12.5 Å². The number of rotatable bonds is 48. The lowest BCUT2D eigenvalue weighted by Crippen LogP contribution is -2.49. The molecule has 384 valence electrons. The van der Waals surface area contributed by atoms with E-state index >= 15 is 0 Å². The van der Waals surface area contributed by atoms with Crippen LogP contribution in [0, 0.1) is 0 Å². The quantitative estimate of drug-likeness (QED) is 0.0282. The van der Waals surface area contributed by atoms with Crippen molar-refractivity contribution in [1.82, 2.24) is 4.90 Å². The highest BCUT2D eigenvalue weighted by Crippen LogP contribution is 2.27. The first-order valence-electron chi connectivity index (χ1n) is 29.0. The predicted molar refractivity (Wildman–Crippen MR) is 279 cm³/mol. The molecule has 66 heavy (non-hydrogen) atoms. The summed E-state index contributed by atoms with van der Waals surface area (Å²) in [5.41, 5.74) is 1.37. The number of pyridine rings is 1. The van der Waals surface area contributed by atoms with Gasteiger partial charge in [-0.3, -0.25) is 19.3 Å². The normalized spacial score (nSPS) is 12.4. The highest BCUT2D eigenvalue weighted by atomic mass is 16.6. The summed E-state index contributed by atoms with van der Waals surface area (Å²) in [6, 6.07) is 4.43. The van der Waals surface area contributed by atoms with E-state index in [4.69, 9.17) is 9.47 Å². The Hall–Kier alpha value is -2.44. The maximum absolute atomic E-state index is 13.9. The summed E-state index contributed by atoms with van der Waals surface area (Å²) in [5.74, 6) is -0.229. The molecule has 1 aromatic heterocycles. The molecule has 0 aliphatic heterocycles. The maximum atomic E-state index is 13.9. The van der Waals surface area contributed by atoms with Crippen LogP contribution < -0.4 is 4.57 Å². The van der Waals surface area contributed by atoms with Crippen LogP contribution in [-0.2, 0) is 30.4 Å². The van der Waals surface area contributed by atoms with Gasteiger partial charge in [0, 0.05) is 25.0 Å². The van der Waals surface area contributed by atoms with Gasteiger partial charge < -0.3 is 9.47 Å². The molecule has 0 bridgehead atoms. The molecule has 0 aliphatic carbocycles. The molecule has 7 heteroatoms. The van der Waals surface area contributed by atoms with E-state index in [0.717, 1.165) is 38.5 Å². The van der Waals surface area contributed by atoms with E-state index in [9.17, 15) is 14.4 Å². The van der Waals surface area contributed by atoms with Crippen molar-refractivity contribution in [1.29, 1.82) is 0 Å². The third-order valence-electron chi connectivity index (χ3n) is 13.9. The van der Waals surface area contributed by atoms with Crippen molar-refractivity contribution < 1.29 is 28.4 Å². The molecule has 0 saturated heterocycles. The number of carbonyl (C=O) groups excluding carboxylic acids is 3. The van der Waals surface area contributed by atoms with Gasteiger partial charge in [-0.15, -0.1) is 0 Å². The average molecular weight is 927 g/mol. The van der Waals surface area contributed by atoms with E-state index in [-0.39, 0.29) is 24.3 Å². The third-order valence-corrected chi connectivity index (χ3v) is 13.9. The number of aromatic nitrogens is 1. The molecule has 7 nitrogen and oxygen atoms in total. The number of amides is 1. The van der Waals surface area contributed by atoms with Crippen molar-refractivity contribution in [3.05, 3.63) is 30.1 Å². The zero-order chi connectivity index (χ0) is 48.1. The van der Waals surface area contributed by atoms with Crippen molar-refractivity contribution in [2.45, 2.75) is 330 Å². The second kappa shape index (κ2) is 45.0. The molecule has 0 aromatic carbocycles. The molecule has 2 unspecified atom stereocenters. The molecule has 2 atom stereocenters. The summed E-state index contributed by atoms with van der Waals surface area (Å²) < 4.78 is 13.8. The Labute approximate surface area is 409 Å². The fraction of sp³-hybridized carbons (Fsp3) is 0.864. The second-order valence-corrected chi connectivity index (χ2v) is 20.2. The Kier molecular flexibility index (Phi) is 42.0. The van der Waals surface area contributed by atoms with Gasteiger partial charge in [-0.2, -0.15) is 0 Å². The van der Waals surface area contributed by atoms with E-state index in [0.29, 0.717) is 25.3 Å². The fourth-order valence-corrected chi connectivity index (χ4v) is 9.57. The third kappa shape index (κ3) is 34.8. The number of esters is 2. The minimum absolute atomic E-state index is 0.194. The topological polar surface area (TPSA) is 76.8 Å². The minimum atomic E-state index is -0.838. The number of aryl methyl sites for hydroxylation is 1. The number of nitrogens with zero attached hydrogens (tertiary/aromatic N) is 2. The summed E-state index contributed by atoms with van der Waals surface area (Å²) in [6.45, 7) is 13.0. The first-order valence-corrected chi connectivity index (χ1v) is 29.0. The zero-order valence-electron chi connectivity index (χ0n) is 44.7. The van der Waals surface area contributed by atoms with Crippen LogP contribution >= 0.6 is 0 Å². The Bertz CT molecular complexity index is 1190. The Morgan fingerprint density at radius 2 is 0.712 bits per heavy atom. The molecule has 0 aliphatic rings. The average Bonchev–Trinajstić information content (AvgIpc) is 3.30. The van der Waals surface area contributed by atoms with E-state index in [1.807, 2.05) is 0 Å². The van der Waals surface area contributed by atoms with Crippen molar-refractivity contribution >= 4 is 17.8 Å². The first-order chi connectivity index (χ1) is 32.3. The molecule has 1 heterocycles. The lowest BCUT2D eigenvalue weighted by Gasteiger charge is -2.33. The fourth-order valence-electron chi connectivity index (χ4n) is 9.57. The highest BCUT2D eigenvalue weighted by molar-refractivity contribution is 5.77. The Morgan fingerprint density at radius 1 is 0.424 bits per heavy atom. The monoisotopic (exact) mass is 926 g/mol. The highest BCUT2D eigenvalue weighted by Gasteiger charge is 2.31. The van der Waals surface area contributed by atoms with Crippen LogP contribution in [0.4, 0.5) is 0 Å². The standard InChI is InChI=1S/C59H109N2O5/c1-7-11-15-17-19-21-23-25-27-29-31-33-35-37-39-41-45-58(63)65-53(5)61(57(62)49-52-60-50-47-56(48-51-60)55(43-13-9-3)44-14-10-4)54(6)66-59(64)46-42-40-38-36-34-32-30-28-26-24-22-20-18-16-12-8-2/h47-48,50-51,53-55H,7-46,49,52H2,1-6H3/q+1. The molecule has 0 fully saturated rings. The van der Waals surface area contributed by atoms with Gasteiger partial charge in [-0.05, 0) is 51.0 Å². The smallest absolute Gasteiger partial charge is 0.307 e. The molecule has 0 saturated carbocycles. The van der Waals surface area contributed by atoms with Gasteiger partial charge in [0.05, 0.1) is 6.42 Å². The summed E-state index contributed by atoms with van der Waals surface area (Å²) in [5, 5.41) is 0. The second-order valence-electron chi connectivity index (χ2n) is 20.2. The number of ether oxygens (including phenoxy) is 2. The number of unbranched alkanes of at least 4 members (excludes halogenated alkanes) is 32. The largest absolute Gasteiger partial charge is 0.442 e. The first kappa shape index (κ1) is 61.6. The molecule has 0 N–H and O–H groups in total. The zero-order valence-corrected chi connectivity index (χ0v) is 44.7. The molecule has 0 spiro atoms. The van der Waals surface area contributed by atoms with Crippen LogP contribution in [0.1, 0.15) is 316 Å². The Balaban J connectivity index is 2.56. The van der Waals surface area contributed by atoms with Gasteiger partial charge in [0.1, 0.15) is 0 Å². The Morgan fingerprint density at radius 3 is 1.02 bits per heavy atom. The molecular formula is C59H109N2O5+. The van der Waals surface area contributed by atoms with Gasteiger partial charge in [-0.25, -0.2) is 4.57 Å². The lowest BCUT2D eigenvalue weighted by molar-refractivity contribution is -0.696. The van der Waals surface area contributed by atoms with Crippen LogP contribution in [0.5, 0.6) is 0 Å². The molecule has 1 rings (SSSR count). The van der Waals surface area contributed by atoms with Gasteiger partial charge in [-0.1, -0.05) is 246 Å². The van der Waals surface area contributed by atoms with Gasteiger partial charge in [0.2, 0.25) is 5.91 Å². The van der Waals surface area contributed by atoms with Gasteiger partial charge in [0.25, 0.3) is 0 Å². The van der Waals surface area contributed by atoms with Crippen LogP contribution in [0.15, 0.2) is 24.5 Å². The number of hydrogen-bond donors (Lipinski definition) is 0. The van der Waals surface area contributed by atoms with Crippen LogP contribution in [0.2, 0.25) is 0 Å². The van der Waals surface area contributed by atoms with Crippen molar-refractivity contribution in [3.63, 3.8) is 0 Å². The molecule has 0 radical (unpaired) electrons. The van der Waals surface area contributed by atoms with E-state index in [1.165, 1.54) is 216 Å². The van der Waals surface area contributed by atoms with Gasteiger partial charge in [0.15, 0.2) is 31.4 Å². The van der Waals surface area contributed by atoms with Crippen LogP contribution in [0.3, 0.4) is 0 Å². The van der Waals surface area contributed by atoms with Crippen molar-refractivity contribution in [2.24, 2.45) is 0 Å². The summed E-state index contributed by atoms with van der Waals surface area (Å²) in [7, 11) is 0. The molecular weight excluding hydrogens is 817 g/mol. The van der Waals surface area contributed by atoms with Crippen molar-refractivity contribution in [3.8, 4) is 0 Å². The van der Waals surface area contributed by atoms with E-state index in [2.05, 4.69) is 56.8 Å². The van der Waals surface area contributed by atoms with Gasteiger partial charge >= 0.3 is 11.9 Å². The maximum Gasteiger partial charge on any atom is 0.307 e. The summed E-state index contributed by atoms with van der Waals surface area (Å²) >= 11 is 0. The number of hydrogen-bond acceptors (Lipinski definition) is 5. The number of carbonyl (C=O) groups is 3. The molecule has 1 amide bonds. The molecule has 1 aromatic rings. The summed E-state index contributed by atoms with van der Waals surface area (Å²) in [6.07, 6.45) is 51.7. The predicted octanol–water partition coefficient (Wildman–Crippen LogP) is 17.7. The van der Waals surface area contributed by atoms with E-state index in [1.54, 1.807) is 13.8 Å². The summed E-state index contributed by atoms with van der Waals surface area (Å²) in [4.78, 5) is 41.6.